The quantitative estimate of drug-likeness (QED) is 0.817. The van der Waals surface area contributed by atoms with Crippen molar-refractivity contribution in [3.63, 3.8) is 0 Å². The van der Waals surface area contributed by atoms with Crippen LogP contribution in [-0.2, 0) is 11.3 Å². The van der Waals surface area contributed by atoms with Gasteiger partial charge in [-0.3, -0.25) is 9.78 Å². The molecule has 2 aromatic rings. The first-order valence-electron chi connectivity index (χ1n) is 7.66. The van der Waals surface area contributed by atoms with Crippen molar-refractivity contribution < 1.29 is 13.6 Å². The largest absolute Gasteiger partial charge is 0.332 e. The minimum absolute atomic E-state index is 0.104. The Labute approximate surface area is 134 Å². The molecule has 1 aliphatic rings. The molecule has 3 rings (SSSR count). The molecule has 1 aromatic heterocycles. The first kappa shape index (κ1) is 15.6. The maximum absolute atomic E-state index is 12.8. The second-order valence-electron chi connectivity index (χ2n) is 5.83. The molecule has 1 aliphatic carbocycles. The van der Waals surface area contributed by atoms with E-state index in [1.807, 2.05) is 42.5 Å². The maximum Gasteiger partial charge on any atom is 0.255 e. The minimum atomic E-state index is -2.53. The van der Waals surface area contributed by atoms with Gasteiger partial charge in [-0.15, -0.1) is 0 Å². The maximum atomic E-state index is 12.8. The fourth-order valence-corrected chi connectivity index (χ4v) is 2.87. The van der Waals surface area contributed by atoms with Crippen LogP contribution in [0.15, 0.2) is 54.9 Å². The summed E-state index contributed by atoms with van der Waals surface area (Å²) in [5, 5.41) is 0. The molecule has 0 unspecified atom stereocenters. The summed E-state index contributed by atoms with van der Waals surface area (Å²) in [5.74, 6) is -0.295. The van der Waals surface area contributed by atoms with Crippen LogP contribution in [0.2, 0.25) is 0 Å². The SMILES string of the molecule is O=C([C@H]1C[C@@H]1c1cccnc1)N(Cc1ccccc1)CC(F)F. The summed E-state index contributed by atoms with van der Waals surface area (Å²) in [4.78, 5) is 17.9. The van der Waals surface area contributed by atoms with Crippen molar-refractivity contribution in [3.05, 3.63) is 66.0 Å². The van der Waals surface area contributed by atoms with Crippen molar-refractivity contribution in [3.8, 4) is 0 Å². The number of nitrogens with zero attached hydrogens (tertiary/aromatic N) is 2. The average Bonchev–Trinajstić information content (AvgIpc) is 3.35. The number of benzene rings is 1. The molecule has 1 saturated carbocycles. The minimum Gasteiger partial charge on any atom is -0.332 e. The third-order valence-corrected chi connectivity index (χ3v) is 4.11. The summed E-state index contributed by atoms with van der Waals surface area (Å²) in [6.07, 6.45) is 1.60. The van der Waals surface area contributed by atoms with E-state index in [0.717, 1.165) is 11.1 Å². The lowest BCUT2D eigenvalue weighted by atomic mass is 10.1. The summed E-state index contributed by atoms with van der Waals surface area (Å²) in [6.45, 7) is -0.301. The van der Waals surface area contributed by atoms with Crippen molar-refractivity contribution in [1.82, 2.24) is 9.88 Å². The van der Waals surface area contributed by atoms with Crippen molar-refractivity contribution >= 4 is 5.91 Å². The molecule has 3 nitrogen and oxygen atoms in total. The van der Waals surface area contributed by atoms with Gasteiger partial charge in [-0.25, -0.2) is 8.78 Å². The number of carbonyl (C=O) groups is 1. The van der Waals surface area contributed by atoms with Crippen molar-refractivity contribution in [2.24, 2.45) is 5.92 Å². The highest BCUT2D eigenvalue weighted by molar-refractivity contribution is 5.83. The van der Waals surface area contributed by atoms with E-state index in [0.29, 0.717) is 6.42 Å². The number of rotatable bonds is 6. The van der Waals surface area contributed by atoms with Gasteiger partial charge in [0.15, 0.2) is 0 Å². The van der Waals surface area contributed by atoms with E-state index in [9.17, 15) is 13.6 Å². The van der Waals surface area contributed by atoms with Crippen LogP contribution in [0, 0.1) is 5.92 Å². The monoisotopic (exact) mass is 316 g/mol. The van der Waals surface area contributed by atoms with Crippen LogP contribution in [0.1, 0.15) is 23.5 Å². The Hall–Kier alpha value is -2.30. The normalized spacial score (nSPS) is 19.6. The first-order chi connectivity index (χ1) is 11.1. The van der Waals surface area contributed by atoms with E-state index in [4.69, 9.17) is 0 Å². The Balaban J connectivity index is 1.69. The molecule has 0 saturated heterocycles. The van der Waals surface area contributed by atoms with Crippen LogP contribution in [0.3, 0.4) is 0 Å². The van der Waals surface area contributed by atoms with Crippen LogP contribution in [0.4, 0.5) is 8.78 Å². The van der Waals surface area contributed by atoms with E-state index in [-0.39, 0.29) is 24.3 Å². The lowest BCUT2D eigenvalue weighted by Gasteiger charge is -2.22. The van der Waals surface area contributed by atoms with Gasteiger partial charge in [0.1, 0.15) is 0 Å². The van der Waals surface area contributed by atoms with Gasteiger partial charge in [0.25, 0.3) is 6.43 Å². The lowest BCUT2D eigenvalue weighted by Crippen LogP contribution is -2.36. The number of pyridine rings is 1. The van der Waals surface area contributed by atoms with Gasteiger partial charge in [0, 0.05) is 24.9 Å². The predicted molar refractivity (Wildman–Crippen MR) is 82.9 cm³/mol. The Morgan fingerprint density at radius 2 is 2.00 bits per heavy atom. The molecule has 1 fully saturated rings. The Kier molecular flexibility index (Phi) is 4.65. The van der Waals surface area contributed by atoms with Crippen molar-refractivity contribution in [1.29, 1.82) is 0 Å². The van der Waals surface area contributed by atoms with E-state index < -0.39 is 13.0 Å². The number of carbonyl (C=O) groups excluding carboxylic acids is 1. The highest BCUT2D eigenvalue weighted by atomic mass is 19.3. The first-order valence-corrected chi connectivity index (χ1v) is 7.66. The molecule has 23 heavy (non-hydrogen) atoms. The van der Waals surface area contributed by atoms with Crippen LogP contribution >= 0.6 is 0 Å². The standard InChI is InChI=1S/C18H18F2N2O/c19-17(20)12-22(11-13-5-2-1-3-6-13)18(23)16-9-15(16)14-7-4-8-21-10-14/h1-8,10,15-17H,9,11-12H2/t15-,16+/m1/s1. The highest BCUT2D eigenvalue weighted by Crippen LogP contribution is 2.48. The molecule has 1 aromatic carbocycles. The van der Waals surface area contributed by atoms with Crippen LogP contribution < -0.4 is 0 Å². The summed E-state index contributed by atoms with van der Waals surface area (Å²) in [5.41, 5.74) is 1.86. The van der Waals surface area contributed by atoms with E-state index >= 15 is 0 Å². The zero-order valence-corrected chi connectivity index (χ0v) is 12.6. The summed E-state index contributed by atoms with van der Waals surface area (Å²) >= 11 is 0. The fraction of sp³-hybridized carbons (Fsp3) is 0.333. The van der Waals surface area contributed by atoms with Crippen LogP contribution in [0.5, 0.6) is 0 Å². The Morgan fingerprint density at radius 3 is 2.65 bits per heavy atom. The number of hydrogen-bond donors (Lipinski definition) is 0. The second-order valence-corrected chi connectivity index (χ2v) is 5.83. The van der Waals surface area contributed by atoms with Gasteiger partial charge in [-0.1, -0.05) is 36.4 Å². The van der Waals surface area contributed by atoms with Crippen LogP contribution in [0.25, 0.3) is 0 Å². The molecule has 1 amide bonds. The van der Waals surface area contributed by atoms with Crippen LogP contribution in [-0.4, -0.2) is 28.8 Å². The lowest BCUT2D eigenvalue weighted by molar-refractivity contribution is -0.135. The molecular formula is C18H18F2N2O. The van der Waals surface area contributed by atoms with Gasteiger partial charge >= 0.3 is 0 Å². The molecule has 0 aliphatic heterocycles. The van der Waals surface area contributed by atoms with Crippen molar-refractivity contribution in [2.75, 3.05) is 6.54 Å². The summed E-state index contributed by atoms with van der Waals surface area (Å²) in [7, 11) is 0. The van der Waals surface area contributed by atoms with Gasteiger partial charge < -0.3 is 4.90 Å². The fourth-order valence-electron chi connectivity index (χ4n) is 2.87. The smallest absolute Gasteiger partial charge is 0.255 e. The molecular weight excluding hydrogens is 298 g/mol. The molecule has 5 heteroatoms. The van der Waals surface area contributed by atoms with E-state index in [2.05, 4.69) is 4.98 Å². The van der Waals surface area contributed by atoms with Gasteiger partial charge in [0.05, 0.1) is 6.54 Å². The van der Waals surface area contributed by atoms with E-state index in [1.165, 1.54) is 4.90 Å². The predicted octanol–water partition coefficient (Wildman–Crippen LogP) is 3.48. The molecule has 0 spiro atoms. The summed E-state index contributed by atoms with van der Waals surface area (Å²) in [6, 6.07) is 13.0. The Bertz CT molecular complexity index is 649. The number of hydrogen-bond acceptors (Lipinski definition) is 2. The average molecular weight is 316 g/mol. The number of alkyl halides is 2. The van der Waals surface area contributed by atoms with E-state index in [1.54, 1.807) is 12.4 Å². The molecule has 2 atom stereocenters. The van der Waals surface area contributed by atoms with Crippen molar-refractivity contribution in [2.45, 2.75) is 25.3 Å². The summed E-state index contributed by atoms with van der Waals surface area (Å²) < 4.78 is 25.7. The van der Waals surface area contributed by atoms with Gasteiger partial charge in [-0.2, -0.15) is 0 Å². The third-order valence-electron chi connectivity index (χ3n) is 4.11. The zero-order chi connectivity index (χ0) is 16.2. The number of aromatic nitrogens is 1. The zero-order valence-electron chi connectivity index (χ0n) is 12.6. The molecule has 0 N–H and O–H groups in total. The molecule has 1 heterocycles. The topological polar surface area (TPSA) is 33.2 Å². The third kappa shape index (κ3) is 3.92. The number of amides is 1. The second kappa shape index (κ2) is 6.86. The highest BCUT2D eigenvalue weighted by Gasteiger charge is 2.46. The van der Waals surface area contributed by atoms with Gasteiger partial charge in [0.2, 0.25) is 5.91 Å². The van der Waals surface area contributed by atoms with Gasteiger partial charge in [-0.05, 0) is 29.5 Å². The molecule has 0 bridgehead atoms. The molecule has 0 radical (unpaired) electrons. The Morgan fingerprint density at radius 1 is 1.22 bits per heavy atom. The molecule has 120 valence electrons. The number of halogens is 2.